The summed E-state index contributed by atoms with van der Waals surface area (Å²) >= 11 is 3.26. The third-order valence-electron chi connectivity index (χ3n) is 3.51. The number of carbonyl (C=O) groups excluding carboxylic acids is 2. The van der Waals surface area contributed by atoms with Gasteiger partial charge in [0.1, 0.15) is 21.6 Å². The molecule has 0 spiro atoms. The zero-order chi connectivity index (χ0) is 17.4. The highest BCUT2D eigenvalue weighted by Gasteiger charge is 2.33. The van der Waals surface area contributed by atoms with Gasteiger partial charge < -0.3 is 20.7 Å². The maximum Gasteiger partial charge on any atom is 0.410 e. The third-order valence-corrected chi connectivity index (χ3v) is 4.07. The summed E-state index contributed by atoms with van der Waals surface area (Å²) in [6.45, 7) is 6.55. The minimum absolute atomic E-state index is 0.0469. The standard InChI is InChI=1S/C14H22BrN5O3/c1-14(2,3)23-13(22)19-6-5-8(7-19)20-12(17-4)9(11(16)21)10(15)18-20/h8,17H,5-7H2,1-4H3,(H2,16,21)/t8-/m1/s1. The van der Waals surface area contributed by atoms with Crippen LogP contribution in [0.3, 0.4) is 0 Å². The van der Waals surface area contributed by atoms with Gasteiger partial charge in [-0.05, 0) is 43.1 Å². The largest absolute Gasteiger partial charge is 0.444 e. The zero-order valence-corrected chi connectivity index (χ0v) is 15.3. The van der Waals surface area contributed by atoms with E-state index < -0.39 is 11.5 Å². The van der Waals surface area contributed by atoms with E-state index >= 15 is 0 Å². The molecule has 1 aromatic rings. The van der Waals surface area contributed by atoms with Crippen LogP contribution in [0.1, 0.15) is 43.6 Å². The number of nitrogens with zero attached hydrogens (tertiary/aromatic N) is 3. The molecule has 1 fully saturated rings. The normalized spacial score (nSPS) is 18.1. The van der Waals surface area contributed by atoms with Crippen LogP contribution in [0.4, 0.5) is 10.6 Å². The Hall–Kier alpha value is -1.77. The minimum Gasteiger partial charge on any atom is -0.444 e. The Morgan fingerprint density at radius 2 is 2.09 bits per heavy atom. The monoisotopic (exact) mass is 387 g/mol. The predicted molar refractivity (Wildman–Crippen MR) is 89.5 cm³/mol. The molecule has 0 saturated carbocycles. The van der Waals surface area contributed by atoms with Gasteiger partial charge in [-0.15, -0.1) is 0 Å². The van der Waals surface area contributed by atoms with Gasteiger partial charge >= 0.3 is 6.09 Å². The number of rotatable bonds is 3. The number of amides is 2. The summed E-state index contributed by atoms with van der Waals surface area (Å²) in [7, 11) is 1.70. The average Bonchev–Trinajstić information content (AvgIpc) is 3.00. The van der Waals surface area contributed by atoms with Crippen LogP contribution in [0.5, 0.6) is 0 Å². The van der Waals surface area contributed by atoms with Gasteiger partial charge in [0, 0.05) is 20.1 Å². The van der Waals surface area contributed by atoms with Crippen molar-refractivity contribution in [2.45, 2.75) is 38.8 Å². The lowest BCUT2D eigenvalue weighted by molar-refractivity contribution is 0.0288. The zero-order valence-electron chi connectivity index (χ0n) is 13.7. The first-order chi connectivity index (χ1) is 10.6. The number of hydrogen-bond donors (Lipinski definition) is 2. The molecule has 0 unspecified atom stereocenters. The van der Waals surface area contributed by atoms with Gasteiger partial charge in [0.15, 0.2) is 0 Å². The molecule has 0 aliphatic carbocycles. The molecule has 0 bridgehead atoms. The third kappa shape index (κ3) is 3.77. The van der Waals surface area contributed by atoms with Crippen molar-refractivity contribution in [2.75, 3.05) is 25.5 Å². The van der Waals surface area contributed by atoms with Crippen molar-refractivity contribution >= 4 is 33.7 Å². The number of ether oxygens (including phenoxy) is 1. The SMILES string of the molecule is CNc1c(C(N)=O)c(Br)nn1[C@@H]1CCN(C(=O)OC(C)(C)C)C1. The highest BCUT2D eigenvalue weighted by molar-refractivity contribution is 9.10. The topological polar surface area (TPSA) is 102 Å². The Balaban J connectivity index is 2.18. The van der Waals surface area contributed by atoms with Gasteiger partial charge in [-0.25, -0.2) is 9.48 Å². The molecular formula is C14H22BrN5O3. The van der Waals surface area contributed by atoms with E-state index in [1.807, 2.05) is 20.8 Å². The Kier molecular flexibility index (Phi) is 4.88. The smallest absolute Gasteiger partial charge is 0.410 e. The maximum atomic E-state index is 12.1. The molecule has 1 aromatic heterocycles. The van der Waals surface area contributed by atoms with Gasteiger partial charge in [0.25, 0.3) is 5.91 Å². The number of nitrogens with two attached hydrogens (primary N) is 1. The van der Waals surface area contributed by atoms with Gasteiger partial charge in [0.05, 0.1) is 6.04 Å². The van der Waals surface area contributed by atoms with Crippen molar-refractivity contribution in [1.29, 1.82) is 0 Å². The Labute approximate surface area is 143 Å². The van der Waals surface area contributed by atoms with E-state index in [2.05, 4.69) is 26.3 Å². The molecule has 9 heteroatoms. The first-order valence-electron chi connectivity index (χ1n) is 7.37. The molecule has 2 rings (SSSR count). The number of halogens is 1. The van der Waals surface area contributed by atoms with Crippen molar-refractivity contribution in [3.05, 3.63) is 10.2 Å². The first kappa shape index (κ1) is 17.6. The van der Waals surface area contributed by atoms with Crippen LogP contribution >= 0.6 is 15.9 Å². The summed E-state index contributed by atoms with van der Waals surface area (Å²) in [6.07, 6.45) is 0.382. The number of hydrogen-bond acceptors (Lipinski definition) is 5. The van der Waals surface area contributed by atoms with E-state index in [0.29, 0.717) is 29.1 Å². The van der Waals surface area contributed by atoms with E-state index in [9.17, 15) is 9.59 Å². The molecule has 0 aromatic carbocycles. The second-order valence-electron chi connectivity index (χ2n) is 6.44. The molecule has 1 atom stereocenters. The maximum absolute atomic E-state index is 12.1. The van der Waals surface area contributed by atoms with Crippen LogP contribution < -0.4 is 11.1 Å². The van der Waals surface area contributed by atoms with Crippen molar-refractivity contribution in [2.24, 2.45) is 5.73 Å². The number of anilines is 1. The van der Waals surface area contributed by atoms with Gasteiger partial charge in [-0.2, -0.15) is 5.10 Å². The summed E-state index contributed by atoms with van der Waals surface area (Å²) < 4.78 is 7.48. The Morgan fingerprint density at radius 3 is 2.61 bits per heavy atom. The summed E-state index contributed by atoms with van der Waals surface area (Å²) in [4.78, 5) is 25.4. The fraction of sp³-hybridized carbons (Fsp3) is 0.643. The number of carbonyl (C=O) groups is 2. The second kappa shape index (κ2) is 6.38. The number of likely N-dealkylation sites (tertiary alicyclic amines) is 1. The molecule has 23 heavy (non-hydrogen) atoms. The van der Waals surface area contributed by atoms with Gasteiger partial charge in [0.2, 0.25) is 0 Å². The van der Waals surface area contributed by atoms with Crippen molar-refractivity contribution in [1.82, 2.24) is 14.7 Å². The first-order valence-corrected chi connectivity index (χ1v) is 8.17. The van der Waals surface area contributed by atoms with Crippen LogP contribution in [0.2, 0.25) is 0 Å². The van der Waals surface area contributed by atoms with Crippen molar-refractivity contribution < 1.29 is 14.3 Å². The number of nitrogens with one attached hydrogen (secondary N) is 1. The van der Waals surface area contributed by atoms with Crippen LogP contribution in [0.25, 0.3) is 0 Å². The summed E-state index contributed by atoms with van der Waals surface area (Å²) in [5.74, 6) is -0.0186. The quantitative estimate of drug-likeness (QED) is 0.824. The van der Waals surface area contributed by atoms with Crippen molar-refractivity contribution in [3.63, 3.8) is 0 Å². The molecule has 0 radical (unpaired) electrons. The van der Waals surface area contributed by atoms with E-state index in [1.165, 1.54) is 0 Å². The lowest BCUT2D eigenvalue weighted by Gasteiger charge is -2.24. The minimum atomic E-state index is -0.561. The summed E-state index contributed by atoms with van der Waals surface area (Å²) in [5.41, 5.74) is 5.18. The fourth-order valence-electron chi connectivity index (χ4n) is 2.56. The summed E-state index contributed by atoms with van der Waals surface area (Å²) in [5, 5.41) is 7.30. The molecule has 3 N–H and O–H groups in total. The summed E-state index contributed by atoms with van der Waals surface area (Å²) in [6, 6.07) is -0.0469. The van der Waals surface area contributed by atoms with Crippen LogP contribution in [0.15, 0.2) is 4.60 Å². The molecular weight excluding hydrogens is 366 g/mol. The molecule has 1 aliphatic rings. The van der Waals surface area contributed by atoms with Crippen LogP contribution in [-0.2, 0) is 4.74 Å². The average molecular weight is 388 g/mol. The molecule has 2 amide bonds. The van der Waals surface area contributed by atoms with E-state index in [4.69, 9.17) is 10.5 Å². The van der Waals surface area contributed by atoms with Crippen LogP contribution in [0, 0.1) is 0 Å². The highest BCUT2D eigenvalue weighted by atomic mass is 79.9. The van der Waals surface area contributed by atoms with E-state index in [1.54, 1.807) is 16.6 Å². The van der Waals surface area contributed by atoms with Crippen LogP contribution in [-0.4, -0.2) is 52.4 Å². The van der Waals surface area contributed by atoms with Gasteiger partial charge in [-0.3, -0.25) is 4.79 Å². The Bertz CT molecular complexity index is 623. The molecule has 128 valence electrons. The Morgan fingerprint density at radius 1 is 1.43 bits per heavy atom. The second-order valence-corrected chi connectivity index (χ2v) is 7.19. The van der Waals surface area contributed by atoms with Crippen molar-refractivity contribution in [3.8, 4) is 0 Å². The molecule has 2 heterocycles. The number of primary amides is 1. The predicted octanol–water partition coefficient (Wildman–Crippen LogP) is 1.97. The van der Waals surface area contributed by atoms with E-state index in [-0.39, 0.29) is 12.1 Å². The van der Waals surface area contributed by atoms with Gasteiger partial charge in [-0.1, -0.05) is 0 Å². The van der Waals surface area contributed by atoms with E-state index in [0.717, 1.165) is 6.42 Å². The molecule has 8 nitrogen and oxygen atoms in total. The highest BCUT2D eigenvalue weighted by Crippen LogP contribution is 2.31. The molecule has 1 saturated heterocycles. The fourth-order valence-corrected chi connectivity index (χ4v) is 3.12. The molecule has 1 aliphatic heterocycles. The lowest BCUT2D eigenvalue weighted by Crippen LogP contribution is -2.35. The lowest BCUT2D eigenvalue weighted by atomic mass is 10.2. The number of aromatic nitrogens is 2.